The minimum absolute atomic E-state index is 0.154. The molecule has 0 radical (unpaired) electrons. The highest BCUT2D eigenvalue weighted by Gasteiger charge is 2.32. The molecule has 2 N–H and O–H groups in total. The van der Waals surface area contributed by atoms with Crippen LogP contribution in [0.25, 0.3) is 0 Å². The fourth-order valence-corrected chi connectivity index (χ4v) is 2.97. The largest absolute Gasteiger partial charge is 0.491 e. The third-order valence-electron chi connectivity index (χ3n) is 4.18. The molecule has 1 aromatic carbocycles. The van der Waals surface area contributed by atoms with Crippen molar-refractivity contribution in [2.24, 2.45) is 11.8 Å². The van der Waals surface area contributed by atoms with Gasteiger partial charge in [-0.3, -0.25) is 4.79 Å². The molecule has 2 unspecified atom stereocenters. The minimum Gasteiger partial charge on any atom is -0.491 e. The van der Waals surface area contributed by atoms with Crippen LogP contribution in [0.15, 0.2) is 24.3 Å². The first kappa shape index (κ1) is 19.1. The number of anilines is 1. The van der Waals surface area contributed by atoms with Crippen LogP contribution in [0, 0.1) is 11.8 Å². The molecule has 0 saturated carbocycles. The Kier molecular flexibility index (Phi) is 7.06. The molecule has 1 saturated heterocycles. The van der Waals surface area contributed by atoms with E-state index in [9.17, 15) is 14.7 Å². The van der Waals surface area contributed by atoms with Crippen molar-refractivity contribution in [1.82, 2.24) is 4.90 Å². The number of para-hydroxylation sites is 2. The summed E-state index contributed by atoms with van der Waals surface area (Å²) in [6.45, 7) is 3.83. The Hall–Kier alpha value is -2.28. The molecule has 2 atom stereocenters. The standard InChI is InChI=1S/C18H26N2O5/c1-13-10-14(17(21)22)12-20(11-13)18(23)19-15-6-3-4-7-16(15)25-9-5-8-24-2/h3-4,6-7,13-14H,5,8-12H2,1-2H3,(H,19,23)(H,21,22). The number of likely N-dealkylation sites (tertiary alicyclic amines) is 1. The van der Waals surface area contributed by atoms with Crippen molar-refractivity contribution in [1.29, 1.82) is 0 Å². The third-order valence-corrected chi connectivity index (χ3v) is 4.18. The smallest absolute Gasteiger partial charge is 0.321 e. The van der Waals surface area contributed by atoms with Crippen LogP contribution in [0.5, 0.6) is 5.75 Å². The van der Waals surface area contributed by atoms with Gasteiger partial charge < -0.3 is 24.8 Å². The Labute approximate surface area is 147 Å². The van der Waals surface area contributed by atoms with Gasteiger partial charge >= 0.3 is 12.0 Å². The molecule has 7 heteroatoms. The zero-order valence-electron chi connectivity index (χ0n) is 14.7. The lowest BCUT2D eigenvalue weighted by molar-refractivity contribution is -0.143. The van der Waals surface area contributed by atoms with Crippen molar-refractivity contribution in [3.05, 3.63) is 24.3 Å². The topological polar surface area (TPSA) is 88.1 Å². The lowest BCUT2D eigenvalue weighted by Crippen LogP contribution is -2.47. The highest BCUT2D eigenvalue weighted by Crippen LogP contribution is 2.26. The summed E-state index contributed by atoms with van der Waals surface area (Å²) in [5.74, 6) is -0.630. The van der Waals surface area contributed by atoms with Crippen molar-refractivity contribution < 1.29 is 24.2 Å². The molecule has 1 aromatic rings. The number of nitrogens with one attached hydrogen (secondary N) is 1. The highest BCUT2D eigenvalue weighted by molar-refractivity contribution is 5.91. The second-order valence-corrected chi connectivity index (χ2v) is 6.40. The van der Waals surface area contributed by atoms with E-state index in [-0.39, 0.29) is 18.5 Å². The normalized spacial score (nSPS) is 20.2. The number of carboxylic acid groups (broad SMARTS) is 1. The number of carboxylic acids is 1. The van der Waals surface area contributed by atoms with Gasteiger partial charge in [0, 0.05) is 33.2 Å². The van der Waals surface area contributed by atoms with Gasteiger partial charge in [0.25, 0.3) is 0 Å². The fraction of sp³-hybridized carbons (Fsp3) is 0.556. The number of carbonyl (C=O) groups excluding carboxylic acids is 1. The van der Waals surface area contributed by atoms with Crippen LogP contribution in [0.1, 0.15) is 19.8 Å². The van der Waals surface area contributed by atoms with Crippen LogP contribution in [0.3, 0.4) is 0 Å². The number of nitrogens with zero attached hydrogens (tertiary/aromatic N) is 1. The quantitative estimate of drug-likeness (QED) is 0.738. The second kappa shape index (κ2) is 9.27. The number of aliphatic carboxylic acids is 1. The van der Waals surface area contributed by atoms with Crippen molar-refractivity contribution in [3.8, 4) is 5.75 Å². The molecule has 0 spiro atoms. The van der Waals surface area contributed by atoms with E-state index in [1.807, 2.05) is 19.1 Å². The minimum atomic E-state index is -0.855. The van der Waals surface area contributed by atoms with Gasteiger partial charge in [0.15, 0.2) is 0 Å². The Morgan fingerprint density at radius 3 is 2.76 bits per heavy atom. The Morgan fingerprint density at radius 1 is 1.28 bits per heavy atom. The van der Waals surface area contributed by atoms with Crippen LogP contribution < -0.4 is 10.1 Å². The Morgan fingerprint density at radius 2 is 2.04 bits per heavy atom. The van der Waals surface area contributed by atoms with Crippen LogP contribution in [-0.2, 0) is 9.53 Å². The first-order valence-corrected chi connectivity index (χ1v) is 8.50. The summed E-state index contributed by atoms with van der Waals surface area (Å²) in [6, 6.07) is 6.92. The fourth-order valence-electron chi connectivity index (χ4n) is 2.97. The number of piperidine rings is 1. The number of carbonyl (C=O) groups is 2. The molecule has 2 rings (SSSR count). The summed E-state index contributed by atoms with van der Waals surface area (Å²) in [5.41, 5.74) is 0.579. The van der Waals surface area contributed by atoms with E-state index in [2.05, 4.69) is 5.32 Å². The van der Waals surface area contributed by atoms with Gasteiger partial charge in [0.1, 0.15) is 5.75 Å². The predicted molar refractivity (Wildman–Crippen MR) is 93.9 cm³/mol. The molecule has 1 fully saturated rings. The summed E-state index contributed by atoms with van der Waals surface area (Å²) in [7, 11) is 1.64. The summed E-state index contributed by atoms with van der Waals surface area (Å²) in [5, 5.41) is 12.1. The monoisotopic (exact) mass is 350 g/mol. The van der Waals surface area contributed by atoms with Crippen molar-refractivity contribution in [2.75, 3.05) is 38.7 Å². The van der Waals surface area contributed by atoms with Crippen molar-refractivity contribution in [3.63, 3.8) is 0 Å². The zero-order valence-corrected chi connectivity index (χ0v) is 14.7. The molecule has 0 aromatic heterocycles. The van der Waals surface area contributed by atoms with E-state index >= 15 is 0 Å². The maximum absolute atomic E-state index is 12.6. The molecule has 1 aliphatic rings. The first-order valence-electron chi connectivity index (χ1n) is 8.50. The van der Waals surface area contributed by atoms with Gasteiger partial charge in [0.05, 0.1) is 18.2 Å². The van der Waals surface area contributed by atoms with Gasteiger partial charge in [-0.1, -0.05) is 19.1 Å². The third kappa shape index (κ3) is 5.63. The van der Waals surface area contributed by atoms with E-state index in [4.69, 9.17) is 9.47 Å². The highest BCUT2D eigenvalue weighted by atomic mass is 16.5. The molecule has 1 heterocycles. The molecule has 0 bridgehead atoms. The summed E-state index contributed by atoms with van der Waals surface area (Å²) in [6.07, 6.45) is 1.35. The number of methoxy groups -OCH3 is 1. The lowest BCUT2D eigenvalue weighted by atomic mass is 9.91. The van der Waals surface area contributed by atoms with Gasteiger partial charge in [-0.25, -0.2) is 4.79 Å². The number of urea groups is 1. The second-order valence-electron chi connectivity index (χ2n) is 6.40. The van der Waals surface area contributed by atoms with Crippen LogP contribution in [0.4, 0.5) is 10.5 Å². The van der Waals surface area contributed by atoms with E-state index < -0.39 is 11.9 Å². The van der Waals surface area contributed by atoms with E-state index in [0.29, 0.717) is 37.6 Å². The predicted octanol–water partition coefficient (Wildman–Crippen LogP) is 2.68. The molecule has 0 aliphatic carbocycles. The average Bonchev–Trinajstić information content (AvgIpc) is 2.59. The number of amides is 2. The molecule has 138 valence electrons. The number of rotatable bonds is 7. The van der Waals surface area contributed by atoms with E-state index in [1.165, 1.54) is 0 Å². The number of hydrogen-bond donors (Lipinski definition) is 2. The summed E-state index contributed by atoms with van der Waals surface area (Å²) < 4.78 is 10.7. The number of ether oxygens (including phenoxy) is 2. The Balaban J connectivity index is 1.98. The molecular formula is C18H26N2O5. The summed E-state index contributed by atoms with van der Waals surface area (Å²) in [4.78, 5) is 25.4. The maximum Gasteiger partial charge on any atom is 0.321 e. The van der Waals surface area contributed by atoms with E-state index in [0.717, 1.165) is 6.42 Å². The lowest BCUT2D eigenvalue weighted by Gasteiger charge is -2.34. The molecule has 7 nitrogen and oxygen atoms in total. The van der Waals surface area contributed by atoms with Gasteiger partial charge in [-0.15, -0.1) is 0 Å². The van der Waals surface area contributed by atoms with Crippen LogP contribution >= 0.6 is 0 Å². The SMILES string of the molecule is COCCCOc1ccccc1NC(=O)N1CC(C)CC(C(=O)O)C1. The maximum atomic E-state index is 12.6. The number of hydrogen-bond acceptors (Lipinski definition) is 4. The molecular weight excluding hydrogens is 324 g/mol. The molecule has 25 heavy (non-hydrogen) atoms. The van der Waals surface area contributed by atoms with Crippen LogP contribution in [-0.4, -0.2) is 55.4 Å². The van der Waals surface area contributed by atoms with Crippen LogP contribution in [0.2, 0.25) is 0 Å². The zero-order chi connectivity index (χ0) is 18.2. The molecule has 1 aliphatic heterocycles. The number of benzene rings is 1. The van der Waals surface area contributed by atoms with E-state index in [1.54, 1.807) is 24.1 Å². The van der Waals surface area contributed by atoms with Gasteiger partial charge in [-0.05, 0) is 24.5 Å². The molecule has 2 amide bonds. The van der Waals surface area contributed by atoms with Gasteiger partial charge in [-0.2, -0.15) is 0 Å². The average molecular weight is 350 g/mol. The van der Waals surface area contributed by atoms with Crippen molar-refractivity contribution >= 4 is 17.7 Å². The first-order chi connectivity index (χ1) is 12.0. The van der Waals surface area contributed by atoms with Gasteiger partial charge in [0.2, 0.25) is 0 Å². The van der Waals surface area contributed by atoms with Crippen molar-refractivity contribution in [2.45, 2.75) is 19.8 Å². The summed E-state index contributed by atoms with van der Waals surface area (Å²) >= 11 is 0. The Bertz CT molecular complexity index is 593.